The summed E-state index contributed by atoms with van der Waals surface area (Å²) in [6.45, 7) is 5.23. The summed E-state index contributed by atoms with van der Waals surface area (Å²) in [7, 11) is 0. The number of oxazole rings is 1. The Balaban J connectivity index is 1.41. The highest BCUT2D eigenvalue weighted by molar-refractivity contribution is 5.73. The largest absolute Gasteiger partial charge is 0.461 e. The van der Waals surface area contributed by atoms with E-state index in [1.54, 1.807) is 6.07 Å². The van der Waals surface area contributed by atoms with Gasteiger partial charge in [0.05, 0.1) is 18.0 Å². The first-order valence-electron chi connectivity index (χ1n) is 8.88. The summed E-state index contributed by atoms with van der Waals surface area (Å²) in [5.41, 5.74) is 1.08. The van der Waals surface area contributed by atoms with Gasteiger partial charge in [-0.25, -0.2) is 4.79 Å². The number of nitrogens with zero attached hydrogens (tertiary/aromatic N) is 1. The van der Waals surface area contributed by atoms with Gasteiger partial charge < -0.3 is 13.9 Å². The van der Waals surface area contributed by atoms with E-state index in [0.29, 0.717) is 17.0 Å². The predicted molar refractivity (Wildman–Crippen MR) is 91.2 cm³/mol. The zero-order valence-corrected chi connectivity index (χ0v) is 14.6. The predicted octanol–water partition coefficient (Wildman–Crippen LogP) is 2.73. The fraction of sp³-hybridized carbons (Fsp3) is 0.579. The number of benzene rings is 1. The second-order valence-corrected chi connectivity index (χ2v) is 7.57. The van der Waals surface area contributed by atoms with Crippen molar-refractivity contribution in [3.8, 4) is 0 Å². The van der Waals surface area contributed by atoms with Crippen molar-refractivity contribution in [2.45, 2.75) is 51.9 Å². The monoisotopic (exact) mass is 345 g/mol. The third kappa shape index (κ3) is 2.68. The van der Waals surface area contributed by atoms with Crippen molar-refractivity contribution >= 4 is 17.1 Å². The van der Waals surface area contributed by atoms with E-state index in [2.05, 4.69) is 13.8 Å². The second-order valence-electron chi connectivity index (χ2n) is 7.57. The molecule has 25 heavy (non-hydrogen) atoms. The maximum atomic E-state index is 12.3. The number of hydrogen-bond donors (Lipinski definition) is 0. The number of hydrogen-bond acceptors (Lipinski definition) is 5. The number of aryl methyl sites for hydroxylation is 1. The topological polar surface area (TPSA) is 70.7 Å². The molecule has 2 aromatic rings. The molecule has 2 aliphatic rings. The van der Waals surface area contributed by atoms with Crippen LogP contribution in [0.15, 0.2) is 33.5 Å². The summed E-state index contributed by atoms with van der Waals surface area (Å²) >= 11 is 0. The van der Waals surface area contributed by atoms with Crippen molar-refractivity contribution in [1.29, 1.82) is 0 Å². The number of ether oxygens (including phenoxy) is 2. The molecule has 2 heterocycles. The number of para-hydroxylation sites is 2. The molecular weight excluding hydrogens is 322 g/mol. The maximum absolute atomic E-state index is 12.3. The molecule has 4 rings (SSSR count). The summed E-state index contributed by atoms with van der Waals surface area (Å²) < 4.78 is 18.3. The number of fused-ring (bicyclic) bond motifs is 2. The molecule has 6 nitrogen and oxygen atoms in total. The quantitative estimate of drug-likeness (QED) is 0.797. The Kier molecular flexibility index (Phi) is 3.95. The van der Waals surface area contributed by atoms with Crippen LogP contribution < -0.4 is 5.76 Å². The van der Waals surface area contributed by atoms with E-state index in [0.717, 1.165) is 19.4 Å². The van der Waals surface area contributed by atoms with Gasteiger partial charge in [0.15, 0.2) is 5.58 Å². The van der Waals surface area contributed by atoms with Crippen molar-refractivity contribution in [2.75, 3.05) is 6.61 Å². The van der Waals surface area contributed by atoms with Crippen molar-refractivity contribution in [1.82, 2.24) is 4.57 Å². The second kappa shape index (κ2) is 6.02. The van der Waals surface area contributed by atoms with E-state index in [1.807, 2.05) is 18.2 Å². The molecular formula is C19H23NO5. The summed E-state index contributed by atoms with van der Waals surface area (Å²) in [5.74, 6) is -0.428. The summed E-state index contributed by atoms with van der Waals surface area (Å²) in [5, 5.41) is 0. The van der Waals surface area contributed by atoms with Gasteiger partial charge in [-0.2, -0.15) is 0 Å². The maximum Gasteiger partial charge on any atom is 0.419 e. The van der Waals surface area contributed by atoms with Gasteiger partial charge in [-0.15, -0.1) is 0 Å². The van der Waals surface area contributed by atoms with Crippen molar-refractivity contribution < 1.29 is 18.7 Å². The zero-order valence-electron chi connectivity index (χ0n) is 14.6. The van der Waals surface area contributed by atoms with Crippen molar-refractivity contribution in [3.05, 3.63) is 34.8 Å². The van der Waals surface area contributed by atoms with Crippen LogP contribution in [-0.4, -0.2) is 29.4 Å². The Bertz CT molecular complexity index is 849. The van der Waals surface area contributed by atoms with E-state index in [9.17, 15) is 9.59 Å². The fourth-order valence-electron chi connectivity index (χ4n) is 4.34. The molecule has 2 fully saturated rings. The lowest BCUT2D eigenvalue weighted by Crippen LogP contribution is -2.65. The van der Waals surface area contributed by atoms with E-state index < -0.39 is 5.76 Å². The molecule has 0 spiro atoms. The van der Waals surface area contributed by atoms with Crippen LogP contribution in [-0.2, 0) is 20.8 Å². The first-order chi connectivity index (χ1) is 12.0. The van der Waals surface area contributed by atoms with Crippen LogP contribution in [0.1, 0.15) is 33.1 Å². The molecule has 1 aromatic heterocycles. The Labute approximate surface area is 145 Å². The van der Waals surface area contributed by atoms with Gasteiger partial charge in [0, 0.05) is 24.5 Å². The van der Waals surface area contributed by atoms with Gasteiger partial charge >= 0.3 is 11.7 Å². The van der Waals surface area contributed by atoms with Crippen LogP contribution in [0.5, 0.6) is 0 Å². The van der Waals surface area contributed by atoms with E-state index in [1.165, 1.54) is 4.57 Å². The minimum atomic E-state index is -0.446. The number of carbonyl (C=O) groups is 1. The third-order valence-electron chi connectivity index (χ3n) is 5.60. The first-order valence-corrected chi connectivity index (χ1v) is 8.88. The Morgan fingerprint density at radius 3 is 3.00 bits per heavy atom. The number of rotatable bonds is 4. The number of esters is 1. The average molecular weight is 345 g/mol. The van der Waals surface area contributed by atoms with Crippen LogP contribution in [0.3, 0.4) is 0 Å². The van der Waals surface area contributed by atoms with Gasteiger partial charge in [0.25, 0.3) is 0 Å². The van der Waals surface area contributed by atoms with Gasteiger partial charge in [-0.1, -0.05) is 26.0 Å². The lowest BCUT2D eigenvalue weighted by Gasteiger charge is -2.58. The standard InChI is InChI=1S/C19H23NO5/c1-19(2)16-12(6-5-11-23-16)17(19)25-15(21)9-10-20-13-7-3-4-8-14(13)24-18(20)22/h3-4,7-8,12,16-17H,5-6,9-11H2,1-2H3. The van der Waals surface area contributed by atoms with Crippen LogP contribution >= 0.6 is 0 Å². The summed E-state index contributed by atoms with van der Waals surface area (Å²) in [6.07, 6.45) is 2.27. The molecule has 1 saturated carbocycles. The third-order valence-corrected chi connectivity index (χ3v) is 5.60. The lowest BCUT2D eigenvalue weighted by molar-refractivity contribution is -0.254. The highest BCUT2D eigenvalue weighted by atomic mass is 16.6. The van der Waals surface area contributed by atoms with E-state index >= 15 is 0 Å². The highest BCUT2D eigenvalue weighted by Crippen LogP contribution is 2.53. The number of aromatic nitrogens is 1. The molecule has 1 aromatic carbocycles. The molecule has 1 saturated heterocycles. The zero-order chi connectivity index (χ0) is 17.6. The molecule has 0 N–H and O–H groups in total. The van der Waals surface area contributed by atoms with Gasteiger partial charge in [-0.05, 0) is 25.0 Å². The molecule has 1 aliphatic heterocycles. The van der Waals surface area contributed by atoms with Gasteiger partial charge in [0.1, 0.15) is 6.10 Å². The number of carbonyl (C=O) groups excluding carboxylic acids is 1. The van der Waals surface area contributed by atoms with Crippen LogP contribution in [0.2, 0.25) is 0 Å². The van der Waals surface area contributed by atoms with Gasteiger partial charge in [-0.3, -0.25) is 9.36 Å². The molecule has 0 radical (unpaired) electrons. The summed E-state index contributed by atoms with van der Waals surface area (Å²) in [6, 6.07) is 7.20. The SMILES string of the molecule is CC1(C)C2OCCCC2C1OC(=O)CCn1c(=O)oc2ccccc21. The first kappa shape index (κ1) is 16.4. The Morgan fingerprint density at radius 1 is 1.36 bits per heavy atom. The van der Waals surface area contributed by atoms with Crippen LogP contribution in [0.4, 0.5) is 0 Å². The lowest BCUT2D eigenvalue weighted by atomic mass is 9.57. The molecule has 134 valence electrons. The minimum Gasteiger partial charge on any atom is -0.461 e. The normalized spacial score (nSPS) is 27.5. The Hall–Kier alpha value is -2.08. The van der Waals surface area contributed by atoms with E-state index in [4.69, 9.17) is 13.9 Å². The molecule has 1 aliphatic carbocycles. The van der Waals surface area contributed by atoms with Crippen LogP contribution in [0.25, 0.3) is 11.1 Å². The van der Waals surface area contributed by atoms with Gasteiger partial charge in [0.2, 0.25) is 0 Å². The smallest absolute Gasteiger partial charge is 0.419 e. The molecule has 0 bridgehead atoms. The molecule has 3 unspecified atom stereocenters. The summed E-state index contributed by atoms with van der Waals surface area (Å²) in [4.78, 5) is 24.3. The molecule has 3 atom stereocenters. The van der Waals surface area contributed by atoms with Crippen molar-refractivity contribution in [3.63, 3.8) is 0 Å². The van der Waals surface area contributed by atoms with Crippen LogP contribution in [0, 0.1) is 11.3 Å². The highest BCUT2D eigenvalue weighted by Gasteiger charge is 2.60. The fourth-order valence-corrected chi connectivity index (χ4v) is 4.34. The Morgan fingerprint density at radius 2 is 2.16 bits per heavy atom. The van der Waals surface area contributed by atoms with E-state index in [-0.39, 0.29) is 36.6 Å². The molecule has 6 heteroatoms. The molecule has 0 amide bonds. The average Bonchev–Trinajstić information content (AvgIpc) is 2.93. The van der Waals surface area contributed by atoms with Crippen molar-refractivity contribution in [2.24, 2.45) is 11.3 Å². The minimum absolute atomic E-state index is 0.108.